The molecule has 0 saturated carbocycles. The van der Waals surface area contributed by atoms with Gasteiger partial charge >= 0.3 is 0 Å². The topological polar surface area (TPSA) is 21.3 Å². The van der Waals surface area contributed by atoms with E-state index in [-0.39, 0.29) is 0 Å². The van der Waals surface area contributed by atoms with Gasteiger partial charge in [0.1, 0.15) is 12.4 Å². The Morgan fingerprint density at radius 2 is 2.05 bits per heavy atom. The molecule has 1 N–H and O–H groups in total. The van der Waals surface area contributed by atoms with Crippen LogP contribution >= 0.6 is 22.6 Å². The fourth-order valence-electron chi connectivity index (χ4n) is 1.84. The number of nitrogens with one attached hydrogen (secondary N) is 1. The van der Waals surface area contributed by atoms with Gasteiger partial charge in [0.2, 0.25) is 0 Å². The molecule has 0 radical (unpaired) electrons. The van der Waals surface area contributed by atoms with Crippen LogP contribution in [0.4, 0.5) is 5.69 Å². The van der Waals surface area contributed by atoms with E-state index < -0.39 is 0 Å². The van der Waals surface area contributed by atoms with Crippen LogP contribution in [0.3, 0.4) is 0 Å². The van der Waals surface area contributed by atoms with Gasteiger partial charge in [0.25, 0.3) is 0 Å². The largest absolute Gasteiger partial charge is 0.489 e. The summed E-state index contributed by atoms with van der Waals surface area (Å²) in [6.07, 6.45) is 1.76. The lowest BCUT2D eigenvalue weighted by atomic mass is 10.2. The van der Waals surface area contributed by atoms with E-state index in [1.165, 1.54) is 9.13 Å². The molecule has 0 aliphatic carbocycles. The third-order valence-corrected chi connectivity index (χ3v) is 4.15. The number of benzene rings is 2. The molecule has 3 heteroatoms. The van der Waals surface area contributed by atoms with E-state index in [1.807, 2.05) is 18.2 Å². The monoisotopic (exact) mass is 379 g/mol. The minimum Gasteiger partial charge on any atom is -0.489 e. The Morgan fingerprint density at radius 3 is 2.80 bits per heavy atom. The Bertz CT molecular complexity index is 595. The number of halogens is 1. The maximum Gasteiger partial charge on any atom is 0.124 e. The summed E-state index contributed by atoms with van der Waals surface area (Å²) in [5.74, 6) is 0.904. The molecule has 20 heavy (non-hydrogen) atoms. The van der Waals surface area contributed by atoms with Crippen LogP contribution in [0.15, 0.2) is 55.1 Å². The van der Waals surface area contributed by atoms with Crippen LogP contribution in [-0.4, -0.2) is 6.61 Å². The van der Waals surface area contributed by atoms with Gasteiger partial charge in [-0.1, -0.05) is 36.9 Å². The van der Waals surface area contributed by atoms with E-state index >= 15 is 0 Å². The number of rotatable bonds is 6. The molecule has 2 rings (SSSR count). The summed E-state index contributed by atoms with van der Waals surface area (Å²) in [6.45, 7) is 7.06. The highest BCUT2D eigenvalue weighted by atomic mass is 127. The van der Waals surface area contributed by atoms with Crippen molar-refractivity contribution in [1.82, 2.24) is 0 Å². The zero-order valence-electron chi connectivity index (χ0n) is 11.5. The molecule has 0 atom stereocenters. The summed E-state index contributed by atoms with van der Waals surface area (Å²) in [5, 5.41) is 3.44. The van der Waals surface area contributed by atoms with Crippen LogP contribution in [0.2, 0.25) is 0 Å². The summed E-state index contributed by atoms with van der Waals surface area (Å²) in [7, 11) is 0. The van der Waals surface area contributed by atoms with Crippen molar-refractivity contribution in [3.8, 4) is 5.75 Å². The Morgan fingerprint density at radius 1 is 1.25 bits per heavy atom. The molecule has 104 valence electrons. The van der Waals surface area contributed by atoms with Crippen molar-refractivity contribution in [3.63, 3.8) is 0 Å². The van der Waals surface area contributed by atoms with E-state index in [0.29, 0.717) is 6.61 Å². The standard InChI is InChI=1S/C17H18INO/c1-3-10-20-17-7-5-4-6-14(17)12-19-15-9-8-13(2)16(18)11-15/h3-9,11,19H,1,10,12H2,2H3. The molecule has 0 unspecified atom stereocenters. The van der Waals surface area contributed by atoms with Gasteiger partial charge in [0.15, 0.2) is 0 Å². The lowest BCUT2D eigenvalue weighted by molar-refractivity contribution is 0.359. The zero-order valence-corrected chi connectivity index (χ0v) is 13.7. The van der Waals surface area contributed by atoms with E-state index in [9.17, 15) is 0 Å². The van der Waals surface area contributed by atoms with Crippen LogP contribution in [0.5, 0.6) is 5.75 Å². The molecule has 2 nitrogen and oxygen atoms in total. The molecular weight excluding hydrogens is 361 g/mol. The minimum absolute atomic E-state index is 0.527. The van der Waals surface area contributed by atoms with Crippen LogP contribution < -0.4 is 10.1 Å². The average molecular weight is 379 g/mol. The summed E-state index contributed by atoms with van der Waals surface area (Å²) in [5.41, 5.74) is 3.56. The van der Waals surface area contributed by atoms with Crippen molar-refractivity contribution in [1.29, 1.82) is 0 Å². The third kappa shape index (κ3) is 4.00. The summed E-state index contributed by atoms with van der Waals surface area (Å²) >= 11 is 2.35. The van der Waals surface area contributed by atoms with Crippen molar-refractivity contribution < 1.29 is 4.74 Å². The predicted octanol–water partition coefficient (Wildman–Crippen LogP) is 4.78. The molecule has 0 aliphatic heterocycles. The van der Waals surface area contributed by atoms with Crippen molar-refractivity contribution in [2.24, 2.45) is 0 Å². The smallest absolute Gasteiger partial charge is 0.124 e. The van der Waals surface area contributed by atoms with Crippen LogP contribution in [-0.2, 0) is 6.54 Å². The predicted molar refractivity (Wildman–Crippen MR) is 93.4 cm³/mol. The SMILES string of the molecule is C=CCOc1ccccc1CNc1ccc(C)c(I)c1. The number of para-hydroxylation sites is 1. The van der Waals surface area contributed by atoms with E-state index in [1.54, 1.807) is 6.08 Å². The Hall–Kier alpha value is -1.49. The molecule has 0 aliphatic rings. The van der Waals surface area contributed by atoms with E-state index in [4.69, 9.17) is 4.74 Å². The van der Waals surface area contributed by atoms with Gasteiger partial charge in [0.05, 0.1) is 0 Å². The van der Waals surface area contributed by atoms with Crippen LogP contribution in [0, 0.1) is 10.5 Å². The normalized spacial score (nSPS) is 10.1. The highest BCUT2D eigenvalue weighted by molar-refractivity contribution is 14.1. The second kappa shape index (κ2) is 7.33. The second-order valence-corrected chi connectivity index (χ2v) is 5.69. The van der Waals surface area contributed by atoms with Crippen molar-refractivity contribution >= 4 is 28.3 Å². The molecular formula is C17H18INO. The highest BCUT2D eigenvalue weighted by Gasteiger charge is 2.03. The molecule has 0 aromatic heterocycles. The molecule has 2 aromatic rings. The fraction of sp³-hybridized carbons (Fsp3) is 0.176. The van der Waals surface area contributed by atoms with Crippen molar-refractivity contribution in [3.05, 3.63) is 69.8 Å². The van der Waals surface area contributed by atoms with Crippen molar-refractivity contribution in [2.45, 2.75) is 13.5 Å². The average Bonchev–Trinajstić information content (AvgIpc) is 2.47. The Labute approximate surface area is 134 Å². The fourth-order valence-corrected chi connectivity index (χ4v) is 2.35. The molecule has 0 fully saturated rings. The van der Waals surface area contributed by atoms with Gasteiger partial charge in [-0.25, -0.2) is 0 Å². The molecule has 0 bridgehead atoms. The lowest BCUT2D eigenvalue weighted by Crippen LogP contribution is -2.03. The van der Waals surface area contributed by atoms with Gasteiger partial charge in [-0.15, -0.1) is 0 Å². The number of aryl methyl sites for hydroxylation is 1. The number of ether oxygens (including phenoxy) is 1. The molecule has 2 aromatic carbocycles. The molecule has 0 amide bonds. The van der Waals surface area contributed by atoms with Gasteiger partial charge in [-0.3, -0.25) is 0 Å². The highest BCUT2D eigenvalue weighted by Crippen LogP contribution is 2.21. The first-order chi connectivity index (χ1) is 9.70. The van der Waals surface area contributed by atoms with Crippen molar-refractivity contribution in [2.75, 3.05) is 11.9 Å². The number of anilines is 1. The molecule has 0 heterocycles. The lowest BCUT2D eigenvalue weighted by Gasteiger charge is -2.12. The zero-order chi connectivity index (χ0) is 14.4. The van der Waals surface area contributed by atoms with Crippen LogP contribution in [0.25, 0.3) is 0 Å². The maximum absolute atomic E-state index is 5.66. The Balaban J connectivity index is 2.06. The molecule has 0 saturated heterocycles. The first kappa shape index (κ1) is 14.9. The first-order valence-corrected chi connectivity index (χ1v) is 7.60. The third-order valence-electron chi connectivity index (χ3n) is 2.98. The summed E-state index contributed by atoms with van der Waals surface area (Å²) in [4.78, 5) is 0. The Kier molecular flexibility index (Phi) is 5.47. The minimum atomic E-state index is 0.527. The maximum atomic E-state index is 5.66. The van der Waals surface area contributed by atoms with Crippen LogP contribution in [0.1, 0.15) is 11.1 Å². The quantitative estimate of drug-likeness (QED) is 0.576. The first-order valence-electron chi connectivity index (χ1n) is 6.52. The second-order valence-electron chi connectivity index (χ2n) is 4.52. The van der Waals surface area contributed by atoms with Gasteiger partial charge in [-0.05, 0) is 53.3 Å². The van der Waals surface area contributed by atoms with Gasteiger partial charge < -0.3 is 10.1 Å². The number of hydrogen-bond donors (Lipinski definition) is 1. The van der Waals surface area contributed by atoms with Gasteiger partial charge in [0, 0.05) is 21.4 Å². The van der Waals surface area contributed by atoms with E-state index in [0.717, 1.165) is 23.5 Å². The summed E-state index contributed by atoms with van der Waals surface area (Å²) in [6, 6.07) is 14.5. The number of hydrogen-bond acceptors (Lipinski definition) is 2. The van der Waals surface area contributed by atoms with E-state index in [2.05, 4.69) is 65.7 Å². The van der Waals surface area contributed by atoms with Gasteiger partial charge in [-0.2, -0.15) is 0 Å². The summed E-state index contributed by atoms with van der Waals surface area (Å²) < 4.78 is 6.93. The molecule has 0 spiro atoms.